The van der Waals surface area contributed by atoms with Crippen LogP contribution in [-0.2, 0) is 14.8 Å². The lowest BCUT2D eigenvalue weighted by Gasteiger charge is -2.41. The lowest BCUT2D eigenvalue weighted by atomic mass is 9.78. The number of sulfonamides is 1. The van der Waals surface area contributed by atoms with Crippen LogP contribution in [0.25, 0.3) is 0 Å². The SMILES string of the molecule is CN(c1ccc(N2CCC[C@]3(CCN([C@H]4CC[C@H](O)CC4)C3=O)C2)c(F)c1)S(C)(=O)=O. The van der Waals surface area contributed by atoms with Crippen molar-refractivity contribution in [3.8, 4) is 0 Å². The molecule has 2 heterocycles. The van der Waals surface area contributed by atoms with Gasteiger partial charge in [-0.3, -0.25) is 9.10 Å². The molecule has 2 aliphatic heterocycles. The van der Waals surface area contributed by atoms with Crippen LogP contribution in [-0.4, -0.2) is 69.4 Å². The molecule has 4 rings (SSSR count). The average molecular weight is 454 g/mol. The number of hydrogen-bond acceptors (Lipinski definition) is 5. The van der Waals surface area contributed by atoms with Crippen LogP contribution in [0.5, 0.6) is 0 Å². The minimum Gasteiger partial charge on any atom is -0.393 e. The van der Waals surface area contributed by atoms with Gasteiger partial charge in [-0.25, -0.2) is 12.8 Å². The zero-order chi connectivity index (χ0) is 22.4. The number of benzene rings is 1. The van der Waals surface area contributed by atoms with Gasteiger partial charge in [0.15, 0.2) is 0 Å². The Morgan fingerprint density at radius 3 is 2.52 bits per heavy atom. The second kappa shape index (κ2) is 8.24. The maximum atomic E-state index is 15.0. The number of nitrogens with zero attached hydrogens (tertiary/aromatic N) is 3. The molecule has 3 aliphatic rings. The first-order valence-corrected chi connectivity index (χ1v) is 12.9. The minimum absolute atomic E-state index is 0.174. The van der Waals surface area contributed by atoms with Crippen LogP contribution >= 0.6 is 0 Å². The fourth-order valence-electron chi connectivity index (χ4n) is 5.42. The minimum atomic E-state index is -3.47. The third-order valence-electron chi connectivity index (χ3n) is 7.36. The van der Waals surface area contributed by atoms with Gasteiger partial charge in [-0.05, 0) is 57.1 Å². The number of carbonyl (C=O) groups is 1. The van der Waals surface area contributed by atoms with Gasteiger partial charge >= 0.3 is 0 Å². The first-order valence-electron chi connectivity index (χ1n) is 11.1. The van der Waals surface area contributed by atoms with E-state index in [1.54, 1.807) is 12.1 Å². The molecule has 0 unspecified atom stereocenters. The van der Waals surface area contributed by atoms with Crippen molar-refractivity contribution < 1.29 is 22.7 Å². The van der Waals surface area contributed by atoms with Gasteiger partial charge < -0.3 is 14.9 Å². The van der Waals surface area contributed by atoms with E-state index in [1.807, 2.05) is 9.80 Å². The van der Waals surface area contributed by atoms with Crippen LogP contribution in [0.2, 0.25) is 0 Å². The van der Waals surface area contributed by atoms with Crippen molar-refractivity contribution in [3.63, 3.8) is 0 Å². The number of halogens is 1. The number of aliphatic hydroxyl groups excluding tert-OH is 1. The van der Waals surface area contributed by atoms with Gasteiger partial charge in [0.25, 0.3) is 0 Å². The summed E-state index contributed by atoms with van der Waals surface area (Å²) in [6, 6.07) is 4.67. The highest BCUT2D eigenvalue weighted by atomic mass is 32.2. The molecule has 1 aromatic rings. The summed E-state index contributed by atoms with van der Waals surface area (Å²) in [5.41, 5.74) is 0.207. The van der Waals surface area contributed by atoms with Crippen molar-refractivity contribution in [3.05, 3.63) is 24.0 Å². The quantitative estimate of drug-likeness (QED) is 0.757. The number of amides is 1. The van der Waals surface area contributed by atoms with Gasteiger partial charge in [-0.15, -0.1) is 0 Å². The molecule has 0 aromatic heterocycles. The van der Waals surface area contributed by atoms with Crippen LogP contribution in [0.1, 0.15) is 44.9 Å². The molecular weight excluding hydrogens is 421 g/mol. The summed E-state index contributed by atoms with van der Waals surface area (Å²) in [4.78, 5) is 17.4. The summed E-state index contributed by atoms with van der Waals surface area (Å²) in [5.74, 6) is -0.305. The summed E-state index contributed by atoms with van der Waals surface area (Å²) in [7, 11) is -2.07. The zero-order valence-corrected chi connectivity index (χ0v) is 19.1. The number of hydrogen-bond donors (Lipinski definition) is 1. The molecule has 3 fully saturated rings. The highest BCUT2D eigenvalue weighted by molar-refractivity contribution is 7.92. The smallest absolute Gasteiger partial charge is 0.231 e. The first kappa shape index (κ1) is 22.3. The zero-order valence-electron chi connectivity index (χ0n) is 18.3. The van der Waals surface area contributed by atoms with E-state index in [-0.39, 0.29) is 23.7 Å². The Hall–Kier alpha value is -1.87. The van der Waals surface area contributed by atoms with Gasteiger partial charge in [0.2, 0.25) is 15.9 Å². The van der Waals surface area contributed by atoms with E-state index < -0.39 is 21.3 Å². The molecule has 1 N–H and O–H groups in total. The monoisotopic (exact) mass is 453 g/mol. The Bertz CT molecular complexity index is 948. The van der Waals surface area contributed by atoms with Gasteiger partial charge in [0.1, 0.15) is 5.82 Å². The van der Waals surface area contributed by atoms with E-state index >= 15 is 0 Å². The number of aliphatic hydroxyl groups is 1. The van der Waals surface area contributed by atoms with Crippen molar-refractivity contribution in [1.82, 2.24) is 4.90 Å². The van der Waals surface area contributed by atoms with Crippen molar-refractivity contribution in [2.24, 2.45) is 5.41 Å². The molecule has 31 heavy (non-hydrogen) atoms. The highest BCUT2D eigenvalue weighted by Gasteiger charge is 2.50. The lowest BCUT2D eigenvalue weighted by Crippen LogP contribution is -2.50. The third-order valence-corrected chi connectivity index (χ3v) is 8.57. The predicted molar refractivity (Wildman–Crippen MR) is 118 cm³/mol. The summed E-state index contributed by atoms with van der Waals surface area (Å²) in [6.07, 6.45) is 6.40. The fourth-order valence-corrected chi connectivity index (χ4v) is 5.92. The molecule has 2 saturated heterocycles. The van der Waals surface area contributed by atoms with Crippen molar-refractivity contribution in [2.75, 3.05) is 42.1 Å². The number of likely N-dealkylation sites (tertiary alicyclic amines) is 1. The topological polar surface area (TPSA) is 81.2 Å². The molecule has 0 radical (unpaired) electrons. The molecule has 7 nitrogen and oxygen atoms in total. The van der Waals surface area contributed by atoms with Crippen molar-refractivity contribution in [1.29, 1.82) is 0 Å². The maximum Gasteiger partial charge on any atom is 0.231 e. The van der Waals surface area contributed by atoms with Gasteiger partial charge in [0, 0.05) is 38.8 Å². The summed E-state index contributed by atoms with van der Waals surface area (Å²) in [5, 5.41) is 9.78. The molecule has 1 spiro atoms. The van der Waals surface area contributed by atoms with E-state index in [1.165, 1.54) is 13.1 Å². The van der Waals surface area contributed by atoms with E-state index in [0.29, 0.717) is 18.8 Å². The maximum absolute atomic E-state index is 15.0. The van der Waals surface area contributed by atoms with Gasteiger partial charge in [-0.1, -0.05) is 0 Å². The molecular formula is C22H32FN3O4S. The van der Waals surface area contributed by atoms with Crippen LogP contribution in [0.3, 0.4) is 0 Å². The molecule has 1 atom stereocenters. The Morgan fingerprint density at radius 1 is 1.16 bits per heavy atom. The summed E-state index contributed by atoms with van der Waals surface area (Å²) < 4.78 is 39.5. The van der Waals surface area contributed by atoms with Crippen molar-refractivity contribution >= 4 is 27.3 Å². The summed E-state index contributed by atoms with van der Waals surface area (Å²) >= 11 is 0. The second-order valence-corrected chi connectivity index (χ2v) is 11.4. The largest absolute Gasteiger partial charge is 0.393 e. The van der Waals surface area contributed by atoms with Crippen LogP contribution in [0.4, 0.5) is 15.8 Å². The molecule has 1 aromatic carbocycles. The fraction of sp³-hybridized carbons (Fsp3) is 0.682. The average Bonchev–Trinajstić information content (AvgIpc) is 3.03. The summed E-state index contributed by atoms with van der Waals surface area (Å²) in [6.45, 7) is 1.88. The molecule has 1 amide bonds. The van der Waals surface area contributed by atoms with Crippen LogP contribution in [0.15, 0.2) is 18.2 Å². The Kier molecular flexibility index (Phi) is 5.93. The normalized spacial score (nSPS) is 29.6. The van der Waals surface area contributed by atoms with E-state index in [2.05, 4.69) is 0 Å². The Morgan fingerprint density at radius 2 is 1.87 bits per heavy atom. The van der Waals surface area contributed by atoms with E-state index in [9.17, 15) is 22.7 Å². The van der Waals surface area contributed by atoms with E-state index in [4.69, 9.17) is 0 Å². The second-order valence-electron chi connectivity index (χ2n) is 9.38. The third kappa shape index (κ3) is 4.26. The highest BCUT2D eigenvalue weighted by Crippen LogP contribution is 2.44. The number of anilines is 2. The van der Waals surface area contributed by atoms with Crippen LogP contribution < -0.4 is 9.21 Å². The Balaban J connectivity index is 1.51. The van der Waals surface area contributed by atoms with Gasteiger partial charge in [-0.2, -0.15) is 0 Å². The first-order chi connectivity index (χ1) is 14.6. The number of carbonyl (C=O) groups excluding carboxylic acids is 1. The standard InChI is InChI=1S/C22H32FN3O4S/c1-24(31(2,29)30)17-6-9-20(19(23)14-17)25-12-3-10-22(15-25)11-13-26(21(22)28)16-4-7-18(27)8-5-16/h6,9,14,16,18,27H,3-5,7-8,10-13,15H2,1-2H3/t16-,18-,22-/m0/s1. The lowest BCUT2D eigenvalue weighted by molar-refractivity contribution is -0.139. The van der Waals surface area contributed by atoms with Gasteiger partial charge in [0.05, 0.1) is 29.1 Å². The molecule has 0 bridgehead atoms. The molecule has 1 saturated carbocycles. The predicted octanol–water partition coefficient (Wildman–Crippen LogP) is 2.34. The number of rotatable bonds is 4. The number of piperidine rings is 1. The molecule has 9 heteroatoms. The van der Waals surface area contributed by atoms with E-state index in [0.717, 1.165) is 62.1 Å². The van der Waals surface area contributed by atoms with Crippen molar-refractivity contribution in [2.45, 2.75) is 57.1 Å². The molecule has 1 aliphatic carbocycles. The molecule has 172 valence electrons. The van der Waals surface area contributed by atoms with Crippen LogP contribution in [0, 0.1) is 11.2 Å². The Labute approximate surface area is 183 Å².